The summed E-state index contributed by atoms with van der Waals surface area (Å²) in [5, 5.41) is 39.4. The summed E-state index contributed by atoms with van der Waals surface area (Å²) < 4.78 is 4.95. The van der Waals surface area contributed by atoms with Gasteiger partial charge >= 0.3 is 29.6 Å². The quantitative estimate of drug-likeness (QED) is 0.147. The molecule has 0 radical (unpaired) electrons. The summed E-state index contributed by atoms with van der Waals surface area (Å²) in [5.74, 6) is -4.67. The number of nitrogens with zero attached hydrogens (tertiary/aromatic N) is 4. The van der Waals surface area contributed by atoms with Crippen molar-refractivity contribution in [1.29, 1.82) is 0 Å². The average molecular weight is 607 g/mol. The van der Waals surface area contributed by atoms with E-state index in [-0.39, 0.29) is 52.3 Å². The summed E-state index contributed by atoms with van der Waals surface area (Å²) in [6, 6.07) is 2.58. The molecule has 4 atom stereocenters. The number of carboxylic acids is 1. The molecule has 5 rings (SSSR count). The van der Waals surface area contributed by atoms with Crippen LogP contribution in [0, 0.1) is 0 Å². The van der Waals surface area contributed by atoms with Crippen molar-refractivity contribution < 1.29 is 68.8 Å². The Hall–Kier alpha value is -3.86. The molecule has 1 aromatic carbocycles. The number of thioether (sulfide) groups is 1. The number of phenols is 1. The number of β-lactam (4-membered cyclic amide) rings is 1. The first-order valence-corrected chi connectivity index (χ1v) is 13.0. The number of hydrogen-bond acceptors (Lipinski definition) is 12. The summed E-state index contributed by atoms with van der Waals surface area (Å²) in [4.78, 5) is 69.5. The van der Waals surface area contributed by atoms with Gasteiger partial charge in [-0.1, -0.05) is 6.07 Å². The van der Waals surface area contributed by atoms with Gasteiger partial charge in [-0.15, -0.1) is 16.9 Å². The second kappa shape index (κ2) is 11.4. The monoisotopic (exact) mass is 606 g/mol. The second-order valence-corrected chi connectivity index (χ2v) is 11.6. The van der Waals surface area contributed by atoms with Crippen LogP contribution in [0.25, 0.3) is 5.65 Å². The van der Waals surface area contributed by atoms with Gasteiger partial charge in [0, 0.05) is 17.0 Å². The molecule has 17 heteroatoms. The molecule has 2 saturated heterocycles. The Labute approximate surface area is 263 Å². The van der Waals surface area contributed by atoms with E-state index in [1.807, 2.05) is 0 Å². The van der Waals surface area contributed by atoms with E-state index in [4.69, 9.17) is 4.74 Å². The van der Waals surface area contributed by atoms with Crippen LogP contribution in [0.4, 0.5) is 0 Å². The number of phenolic OH excluding ortho intramolecular Hbond substituents is 1. The molecule has 2 fully saturated rings. The van der Waals surface area contributed by atoms with Crippen molar-refractivity contribution in [1.82, 2.24) is 30.1 Å². The number of carboxylic acid groups (broad SMARTS) is 1. The summed E-state index contributed by atoms with van der Waals surface area (Å²) in [7, 11) is 1.28. The molecule has 15 nitrogen and oxygen atoms in total. The molecule has 0 bridgehead atoms. The zero-order valence-electron chi connectivity index (χ0n) is 22.7. The molecule has 0 aliphatic carbocycles. The number of aromatic nitrogens is 3. The Morgan fingerprint density at radius 3 is 2.55 bits per heavy atom. The van der Waals surface area contributed by atoms with E-state index < -0.39 is 68.9 Å². The maximum atomic E-state index is 13.6. The van der Waals surface area contributed by atoms with Gasteiger partial charge in [-0.05, 0) is 37.6 Å². The van der Waals surface area contributed by atoms with Crippen LogP contribution in [-0.4, -0.2) is 82.7 Å². The number of amides is 3. The van der Waals surface area contributed by atoms with Gasteiger partial charge < -0.3 is 40.4 Å². The minimum atomic E-state index is -1.51. The number of aromatic hydroxyl groups is 2. The molecular formula is C25H23N6NaO9S. The van der Waals surface area contributed by atoms with E-state index in [0.717, 1.165) is 15.6 Å². The fourth-order valence-corrected chi connectivity index (χ4v) is 6.48. The summed E-state index contributed by atoms with van der Waals surface area (Å²) >= 11 is 1.19. The minimum Gasteiger partial charge on any atom is -0.548 e. The first kappa shape index (κ1) is 31.1. The topological polar surface area (TPSA) is 216 Å². The van der Waals surface area contributed by atoms with Crippen LogP contribution in [0.2, 0.25) is 0 Å². The van der Waals surface area contributed by atoms with Crippen molar-refractivity contribution in [3.63, 3.8) is 0 Å². The number of carbonyl (C=O) groups excluding carboxylic acids is 4. The third kappa shape index (κ3) is 5.26. The number of fused-ring (bicyclic) bond motifs is 2. The van der Waals surface area contributed by atoms with Crippen LogP contribution in [-0.2, 0) is 14.4 Å². The van der Waals surface area contributed by atoms with Crippen molar-refractivity contribution in [3.8, 4) is 17.4 Å². The smallest absolute Gasteiger partial charge is 0.548 e. The Morgan fingerprint density at radius 1 is 1.17 bits per heavy atom. The number of rotatable bonds is 7. The largest absolute Gasteiger partial charge is 1.00 e. The van der Waals surface area contributed by atoms with E-state index in [0.29, 0.717) is 0 Å². The van der Waals surface area contributed by atoms with Gasteiger partial charge in [0.25, 0.3) is 11.5 Å². The number of nitrogens with one attached hydrogen (secondary N) is 2. The average Bonchev–Trinajstić information content (AvgIpc) is 3.18. The minimum absolute atomic E-state index is 0. The van der Waals surface area contributed by atoms with Crippen LogP contribution in [0.15, 0.2) is 41.3 Å². The normalized spacial score (nSPS) is 21.0. The Morgan fingerprint density at radius 2 is 1.88 bits per heavy atom. The fourth-order valence-electron chi connectivity index (χ4n) is 4.86. The van der Waals surface area contributed by atoms with Crippen LogP contribution < -0.4 is 55.6 Å². The van der Waals surface area contributed by atoms with E-state index >= 15 is 0 Å². The molecule has 2 aromatic heterocycles. The summed E-state index contributed by atoms with van der Waals surface area (Å²) in [6.45, 7) is 3.30. The SMILES string of the molecule is COc1cc(C(NC(=O)c2cnc3ccc(O)nn3c2=O)C(=O)N[C@@H]2C(=O)N3[C@@H]2SC(C)(C)[C@@H]3C(=O)[O-])ccc1O.[Na+]. The maximum absolute atomic E-state index is 13.6. The Balaban J connectivity index is 0.00000405. The predicted octanol–water partition coefficient (Wildman–Crippen LogP) is -4.72. The van der Waals surface area contributed by atoms with Crippen LogP contribution in [0.3, 0.4) is 0 Å². The van der Waals surface area contributed by atoms with E-state index in [2.05, 4.69) is 20.7 Å². The molecule has 2 aliphatic heterocycles. The van der Waals surface area contributed by atoms with Gasteiger partial charge in [0.15, 0.2) is 17.1 Å². The van der Waals surface area contributed by atoms with Gasteiger partial charge in [0.1, 0.15) is 23.0 Å². The van der Waals surface area contributed by atoms with Gasteiger partial charge in [0.2, 0.25) is 17.7 Å². The molecule has 0 spiro atoms. The molecular weight excluding hydrogens is 583 g/mol. The van der Waals surface area contributed by atoms with E-state index in [1.54, 1.807) is 13.8 Å². The summed E-state index contributed by atoms with van der Waals surface area (Å²) in [5.41, 5.74) is -1.24. The van der Waals surface area contributed by atoms with Crippen LogP contribution >= 0.6 is 11.8 Å². The number of benzene rings is 1. The third-order valence-electron chi connectivity index (χ3n) is 6.83. The molecule has 3 aromatic rings. The number of methoxy groups -OCH3 is 1. The van der Waals surface area contributed by atoms with Crippen LogP contribution in [0.1, 0.15) is 35.8 Å². The predicted molar refractivity (Wildman–Crippen MR) is 139 cm³/mol. The maximum Gasteiger partial charge on any atom is 1.00 e. The van der Waals surface area contributed by atoms with E-state index in [1.165, 1.54) is 49.2 Å². The van der Waals surface area contributed by atoms with Crippen molar-refractivity contribution in [2.75, 3.05) is 7.11 Å². The zero-order chi connectivity index (χ0) is 29.8. The second-order valence-electron chi connectivity index (χ2n) is 9.84. The fraction of sp³-hybridized carbons (Fsp3) is 0.320. The zero-order valence-corrected chi connectivity index (χ0v) is 25.5. The number of aliphatic carboxylic acids is 1. The van der Waals surface area contributed by atoms with Gasteiger partial charge in [-0.25, -0.2) is 4.98 Å². The number of ether oxygens (including phenoxy) is 1. The van der Waals surface area contributed by atoms with Gasteiger partial charge in [-0.3, -0.25) is 19.2 Å². The molecule has 0 saturated carbocycles. The van der Waals surface area contributed by atoms with Crippen molar-refractivity contribution >= 4 is 41.1 Å². The number of hydrogen-bond donors (Lipinski definition) is 4. The molecule has 214 valence electrons. The molecule has 4 N–H and O–H groups in total. The first-order chi connectivity index (χ1) is 19.3. The molecule has 42 heavy (non-hydrogen) atoms. The molecule has 2 aliphatic rings. The molecule has 4 heterocycles. The summed E-state index contributed by atoms with van der Waals surface area (Å²) in [6.07, 6.45) is 0.989. The Kier molecular flexibility index (Phi) is 8.46. The standard InChI is InChI=1S/C25H24N6O9S.Na/c1-25(2)18(24(38)39)30-22(37)17(23(30)41-25)28-20(35)16(10-4-5-12(32)13(8-10)40-3)27-19(34)11-9-26-14-6-7-15(33)29-31(14)21(11)36;/h4-9,16-18,23,32H,1-3H3,(H,27,34)(H,28,35)(H,29,33)(H,38,39);/q;+1/p-1/t16?,17-,18+,23-;/m1./s1. The van der Waals surface area contributed by atoms with Gasteiger partial charge in [0.05, 0.1) is 19.1 Å². The number of carbonyl (C=O) groups is 4. The Bertz CT molecular complexity index is 1680. The van der Waals surface area contributed by atoms with E-state index in [9.17, 15) is 39.3 Å². The third-order valence-corrected chi connectivity index (χ3v) is 8.40. The molecule has 3 amide bonds. The van der Waals surface area contributed by atoms with Gasteiger partial charge in [-0.2, -0.15) is 4.52 Å². The van der Waals surface area contributed by atoms with Crippen molar-refractivity contribution in [2.24, 2.45) is 0 Å². The first-order valence-electron chi connectivity index (χ1n) is 12.1. The van der Waals surface area contributed by atoms with Crippen molar-refractivity contribution in [2.45, 2.75) is 42.1 Å². The molecule has 1 unspecified atom stereocenters. The van der Waals surface area contributed by atoms with Crippen LogP contribution in [0.5, 0.6) is 17.4 Å². The van der Waals surface area contributed by atoms with Crippen molar-refractivity contribution in [3.05, 3.63) is 58.0 Å².